The van der Waals surface area contributed by atoms with Gasteiger partial charge in [0.05, 0.1) is 0 Å². The van der Waals surface area contributed by atoms with Gasteiger partial charge in [-0.1, -0.05) is 0 Å². The van der Waals surface area contributed by atoms with E-state index in [0.29, 0.717) is 6.81 Å². The summed E-state index contributed by atoms with van der Waals surface area (Å²) >= 11 is 4.33. The van der Waals surface area contributed by atoms with E-state index in [4.69, 9.17) is 4.55 Å². The molecule has 0 aromatic rings. The first kappa shape index (κ1) is 7.54. The van der Waals surface area contributed by atoms with E-state index in [1.54, 1.807) is 0 Å². The van der Waals surface area contributed by atoms with Crippen LogP contribution in [0.3, 0.4) is 0 Å². The van der Waals surface area contributed by atoms with Crippen molar-refractivity contribution in [3.63, 3.8) is 0 Å². The van der Waals surface area contributed by atoms with Crippen molar-refractivity contribution in [1.29, 1.82) is 0 Å². The normalized spacial score (nSPS) is 12.3. The van der Waals surface area contributed by atoms with Gasteiger partial charge in [-0.3, -0.25) is 0 Å². The zero-order valence-corrected chi connectivity index (χ0v) is 6.26. The predicted octanol–water partition coefficient (Wildman–Crippen LogP) is 0.431. The molecule has 0 aliphatic rings. The fraction of sp³-hybridized carbons (Fsp3) is 0.500. The van der Waals surface area contributed by atoms with Gasteiger partial charge in [0, 0.05) is 0 Å². The van der Waals surface area contributed by atoms with Crippen molar-refractivity contribution in [1.82, 2.24) is 0 Å². The second-order valence-corrected chi connectivity index (χ2v) is 4.36. The van der Waals surface area contributed by atoms with Crippen molar-refractivity contribution in [3.8, 4) is 4.96 Å². The van der Waals surface area contributed by atoms with E-state index in [2.05, 4.69) is 16.8 Å². The van der Waals surface area contributed by atoms with Crippen LogP contribution in [0, 0.1) is 4.96 Å². The van der Waals surface area contributed by atoms with Gasteiger partial charge in [0.2, 0.25) is 0 Å². The Morgan fingerprint density at radius 3 is 2.43 bits per heavy atom. The van der Waals surface area contributed by atoms with E-state index in [1.165, 1.54) is 6.26 Å². The van der Waals surface area contributed by atoms with Gasteiger partial charge in [-0.2, -0.15) is 0 Å². The summed E-state index contributed by atoms with van der Waals surface area (Å²) in [5.41, 5.74) is 0. The maximum absolute atomic E-state index is 10.2. The molecule has 0 aliphatic heterocycles. The molecule has 0 saturated heterocycles. The van der Waals surface area contributed by atoms with E-state index >= 15 is 0 Å². The summed E-state index contributed by atoms with van der Waals surface area (Å²) in [6.45, 7) is 0.329. The second-order valence-electron chi connectivity index (χ2n) is 1.07. The van der Waals surface area contributed by atoms with Gasteiger partial charge in [-0.05, 0) is 0 Å². The van der Waals surface area contributed by atoms with Gasteiger partial charge in [0.15, 0.2) is 0 Å². The molecule has 1 N–H and O–H groups in total. The summed E-state index contributed by atoms with van der Waals surface area (Å²) in [6, 6.07) is 0. The van der Waals surface area contributed by atoms with E-state index in [-0.39, 0.29) is 0 Å². The predicted molar refractivity (Wildman–Crippen MR) is 36.3 cm³/mol. The van der Waals surface area contributed by atoms with Gasteiger partial charge in [-0.25, -0.2) is 0 Å². The Labute approximate surface area is 49.3 Å². The molecular weight excluding hydrogens is 151 g/mol. The quantitative estimate of drug-likeness (QED) is 0.394. The van der Waals surface area contributed by atoms with Crippen LogP contribution >= 0.6 is 6.81 Å². The molecular formula is C2H5O2PS2. The molecule has 0 saturated carbocycles. The van der Waals surface area contributed by atoms with Crippen molar-refractivity contribution >= 4 is 28.8 Å². The number of rotatable bonds is 0. The SMILES string of the molecule is C[SH](=O)(O)C#P=S. The Morgan fingerprint density at radius 1 is 2.00 bits per heavy atom. The Hall–Kier alpha value is 0.540. The molecule has 0 amide bonds. The molecule has 7 heavy (non-hydrogen) atoms. The zero-order valence-electron chi connectivity index (χ0n) is 3.66. The minimum absolute atomic E-state index is 0.329. The van der Waals surface area contributed by atoms with Crippen LogP contribution in [0.5, 0.6) is 0 Å². The molecule has 0 aromatic heterocycles. The Bertz CT molecular complexity index is 185. The fourth-order valence-electron chi connectivity index (χ4n) is 0.0757. The maximum atomic E-state index is 10.2. The third-order valence-corrected chi connectivity index (χ3v) is 2.77. The third kappa shape index (κ3) is 6.54. The Kier molecular flexibility index (Phi) is 2.96. The van der Waals surface area contributed by atoms with Crippen LogP contribution in [0.4, 0.5) is 0 Å². The van der Waals surface area contributed by atoms with Crippen LogP contribution in [-0.2, 0) is 22.0 Å². The Balaban J connectivity index is 4.31. The first-order valence-corrected chi connectivity index (χ1v) is 5.47. The molecule has 42 valence electrons. The van der Waals surface area contributed by atoms with Crippen LogP contribution in [0.2, 0.25) is 0 Å². The van der Waals surface area contributed by atoms with Crippen molar-refractivity contribution < 1.29 is 8.76 Å². The molecule has 2 nitrogen and oxygen atoms in total. The van der Waals surface area contributed by atoms with E-state index in [0.717, 1.165) is 0 Å². The zero-order chi connectivity index (χ0) is 5.91. The number of thiol groups is 1. The fourth-order valence-corrected chi connectivity index (χ4v) is 2.05. The van der Waals surface area contributed by atoms with Crippen LogP contribution in [0.15, 0.2) is 0 Å². The van der Waals surface area contributed by atoms with Gasteiger partial charge in [0.25, 0.3) is 0 Å². The molecule has 0 fully saturated rings. The average molecular weight is 156 g/mol. The van der Waals surface area contributed by atoms with Gasteiger partial charge in [-0.15, -0.1) is 0 Å². The van der Waals surface area contributed by atoms with Gasteiger partial charge in [0.1, 0.15) is 0 Å². The standard InChI is InChI=1S/C2H5O2PS2/c1-7(3,4)2-5-6/h7H,1H3,(H,3,4). The number of hydrogen-bond acceptors (Lipinski definition) is 2. The third-order valence-electron chi connectivity index (χ3n) is 0.226. The first-order valence-electron chi connectivity index (χ1n) is 1.46. The average Bonchev–Trinajstić information content (AvgIpc) is 1.30. The molecule has 0 heterocycles. The van der Waals surface area contributed by atoms with Gasteiger partial charge < -0.3 is 0 Å². The molecule has 0 aliphatic carbocycles. The number of hydrogen-bond donors (Lipinski definition) is 2. The second kappa shape index (κ2) is 2.75. The molecule has 0 rings (SSSR count). The van der Waals surface area contributed by atoms with E-state index in [9.17, 15) is 4.21 Å². The molecule has 0 radical (unpaired) electrons. The molecule has 0 bridgehead atoms. The molecule has 0 atom stereocenters. The molecule has 5 heteroatoms. The van der Waals surface area contributed by atoms with E-state index in [1.807, 2.05) is 0 Å². The van der Waals surface area contributed by atoms with Crippen LogP contribution in [0.1, 0.15) is 0 Å². The monoisotopic (exact) mass is 156 g/mol. The Morgan fingerprint density at radius 2 is 2.43 bits per heavy atom. The summed E-state index contributed by atoms with van der Waals surface area (Å²) in [4.78, 5) is 2.18. The van der Waals surface area contributed by atoms with Crippen LogP contribution in [0.25, 0.3) is 0 Å². The topological polar surface area (TPSA) is 37.3 Å². The summed E-state index contributed by atoms with van der Waals surface area (Å²) in [5, 5.41) is 0. The van der Waals surface area contributed by atoms with Crippen molar-refractivity contribution in [2.75, 3.05) is 6.26 Å². The summed E-state index contributed by atoms with van der Waals surface area (Å²) in [5.74, 6) is 0. The van der Waals surface area contributed by atoms with Crippen LogP contribution < -0.4 is 0 Å². The minimum atomic E-state index is -3.03. The van der Waals surface area contributed by atoms with Gasteiger partial charge >= 0.3 is 48.8 Å². The summed E-state index contributed by atoms with van der Waals surface area (Å²) in [6.07, 6.45) is 1.20. The summed E-state index contributed by atoms with van der Waals surface area (Å²) < 4.78 is 18.6. The van der Waals surface area contributed by atoms with Crippen molar-refractivity contribution in [3.05, 3.63) is 0 Å². The van der Waals surface area contributed by atoms with Crippen molar-refractivity contribution in [2.24, 2.45) is 0 Å². The van der Waals surface area contributed by atoms with Crippen molar-refractivity contribution in [2.45, 2.75) is 0 Å². The van der Waals surface area contributed by atoms with E-state index < -0.39 is 10.2 Å². The first-order chi connectivity index (χ1) is 3.06. The summed E-state index contributed by atoms with van der Waals surface area (Å²) in [7, 11) is -3.03. The molecule has 0 spiro atoms. The van der Waals surface area contributed by atoms with Crippen LogP contribution in [-0.4, -0.2) is 15.0 Å². The molecule has 0 aromatic carbocycles. The molecule has 0 unspecified atom stereocenters.